The van der Waals surface area contributed by atoms with Gasteiger partial charge in [-0.05, 0) is 24.1 Å². The van der Waals surface area contributed by atoms with Gasteiger partial charge in [0, 0.05) is 36.5 Å². The SMILES string of the molecule is CC(C)C(=O)[C@@H](N)Cc1ccc(N(CCCl)CCCl)cc1. The highest BCUT2D eigenvalue weighted by Crippen LogP contribution is 2.17. The minimum Gasteiger partial charge on any atom is -0.369 e. The van der Waals surface area contributed by atoms with Crippen LogP contribution in [0.2, 0.25) is 0 Å². The molecule has 0 amide bonds. The minimum atomic E-state index is -0.433. The summed E-state index contributed by atoms with van der Waals surface area (Å²) in [5, 5.41) is 0. The first kappa shape index (κ1) is 18.3. The van der Waals surface area contributed by atoms with Crippen molar-refractivity contribution in [2.75, 3.05) is 29.7 Å². The monoisotopic (exact) mass is 330 g/mol. The fourth-order valence-corrected chi connectivity index (χ4v) is 2.61. The van der Waals surface area contributed by atoms with E-state index in [2.05, 4.69) is 4.90 Å². The second kappa shape index (κ2) is 9.29. The Hall–Kier alpha value is -0.770. The Kier molecular flexibility index (Phi) is 8.09. The minimum absolute atomic E-state index is 0.0257. The Morgan fingerprint density at radius 1 is 1.14 bits per heavy atom. The maximum Gasteiger partial charge on any atom is 0.152 e. The van der Waals surface area contributed by atoms with Crippen molar-refractivity contribution in [2.24, 2.45) is 11.7 Å². The summed E-state index contributed by atoms with van der Waals surface area (Å²) in [5.74, 6) is 1.20. The Morgan fingerprint density at radius 3 is 2.10 bits per heavy atom. The standard InChI is InChI=1S/C16H24Cl2N2O/c1-12(2)16(21)15(19)11-13-3-5-14(6-4-13)20(9-7-17)10-8-18/h3-6,12,15H,7-11,19H2,1-2H3/t15-/m0/s1. The summed E-state index contributed by atoms with van der Waals surface area (Å²) in [5.41, 5.74) is 8.10. The zero-order chi connectivity index (χ0) is 15.8. The maximum absolute atomic E-state index is 11.8. The summed E-state index contributed by atoms with van der Waals surface area (Å²) in [6.45, 7) is 5.28. The number of alkyl halides is 2. The molecule has 5 heteroatoms. The summed E-state index contributed by atoms with van der Waals surface area (Å²) < 4.78 is 0. The van der Waals surface area contributed by atoms with Gasteiger partial charge in [0.1, 0.15) is 0 Å². The van der Waals surface area contributed by atoms with Crippen molar-refractivity contribution in [3.63, 3.8) is 0 Å². The molecule has 1 aromatic carbocycles. The van der Waals surface area contributed by atoms with Crippen LogP contribution in [0.5, 0.6) is 0 Å². The quantitative estimate of drug-likeness (QED) is 0.708. The molecule has 0 aromatic heterocycles. The van der Waals surface area contributed by atoms with Gasteiger partial charge in [-0.25, -0.2) is 0 Å². The normalized spacial score (nSPS) is 12.5. The summed E-state index contributed by atoms with van der Waals surface area (Å²) in [6, 6.07) is 7.65. The Bertz CT molecular complexity index is 428. The van der Waals surface area contributed by atoms with E-state index in [0.717, 1.165) is 24.3 Å². The van der Waals surface area contributed by atoms with E-state index < -0.39 is 6.04 Å². The largest absolute Gasteiger partial charge is 0.369 e. The van der Waals surface area contributed by atoms with Crippen LogP contribution in [-0.2, 0) is 11.2 Å². The zero-order valence-corrected chi connectivity index (χ0v) is 14.2. The van der Waals surface area contributed by atoms with E-state index in [1.807, 2.05) is 38.1 Å². The number of anilines is 1. The molecule has 0 aliphatic rings. The van der Waals surface area contributed by atoms with E-state index in [1.54, 1.807) is 0 Å². The third-order valence-corrected chi connectivity index (χ3v) is 3.74. The Labute approximate surface area is 137 Å². The number of hydrogen-bond acceptors (Lipinski definition) is 3. The third-order valence-electron chi connectivity index (χ3n) is 3.40. The van der Waals surface area contributed by atoms with Crippen LogP contribution >= 0.6 is 23.2 Å². The van der Waals surface area contributed by atoms with Crippen LogP contribution < -0.4 is 10.6 Å². The molecule has 1 atom stereocenters. The lowest BCUT2D eigenvalue weighted by atomic mass is 9.96. The highest BCUT2D eigenvalue weighted by atomic mass is 35.5. The van der Waals surface area contributed by atoms with Crippen LogP contribution in [0, 0.1) is 5.92 Å². The van der Waals surface area contributed by atoms with Gasteiger partial charge in [0.05, 0.1) is 6.04 Å². The molecule has 0 unspecified atom stereocenters. The summed E-state index contributed by atoms with van der Waals surface area (Å²) in [7, 11) is 0. The number of Topliss-reactive ketones (excluding diaryl/α,β-unsaturated/α-hetero) is 1. The van der Waals surface area contributed by atoms with Crippen molar-refractivity contribution >= 4 is 34.7 Å². The number of nitrogens with two attached hydrogens (primary N) is 1. The van der Waals surface area contributed by atoms with E-state index in [0.29, 0.717) is 18.2 Å². The number of ketones is 1. The van der Waals surface area contributed by atoms with Crippen LogP contribution in [0.3, 0.4) is 0 Å². The van der Waals surface area contributed by atoms with Crippen LogP contribution in [-0.4, -0.2) is 36.7 Å². The third kappa shape index (κ3) is 5.85. The molecule has 0 saturated heterocycles. The molecule has 0 spiro atoms. The number of carbonyl (C=O) groups excluding carboxylic acids is 1. The second-order valence-corrected chi connectivity index (χ2v) is 6.16. The molecule has 21 heavy (non-hydrogen) atoms. The van der Waals surface area contributed by atoms with Gasteiger partial charge < -0.3 is 10.6 Å². The van der Waals surface area contributed by atoms with Gasteiger partial charge in [-0.1, -0.05) is 26.0 Å². The molecule has 118 valence electrons. The van der Waals surface area contributed by atoms with Crippen LogP contribution in [0.4, 0.5) is 5.69 Å². The smallest absolute Gasteiger partial charge is 0.152 e. The van der Waals surface area contributed by atoms with Gasteiger partial charge in [-0.2, -0.15) is 0 Å². The van der Waals surface area contributed by atoms with E-state index in [4.69, 9.17) is 28.9 Å². The van der Waals surface area contributed by atoms with Crippen molar-refractivity contribution < 1.29 is 4.79 Å². The number of halogens is 2. The van der Waals surface area contributed by atoms with Crippen LogP contribution in [0.15, 0.2) is 24.3 Å². The number of nitrogens with zero attached hydrogens (tertiary/aromatic N) is 1. The van der Waals surface area contributed by atoms with E-state index in [-0.39, 0.29) is 11.7 Å². The van der Waals surface area contributed by atoms with Crippen LogP contribution in [0.1, 0.15) is 19.4 Å². The van der Waals surface area contributed by atoms with Crippen molar-refractivity contribution in [2.45, 2.75) is 26.3 Å². The molecule has 0 saturated carbocycles. The van der Waals surface area contributed by atoms with E-state index in [1.165, 1.54) is 0 Å². The Morgan fingerprint density at radius 2 is 1.67 bits per heavy atom. The summed E-state index contributed by atoms with van der Waals surface area (Å²) in [4.78, 5) is 14.0. The average Bonchev–Trinajstić information content (AvgIpc) is 2.47. The second-order valence-electron chi connectivity index (χ2n) is 5.40. The lowest BCUT2D eigenvalue weighted by molar-refractivity contribution is -0.123. The molecule has 0 aliphatic carbocycles. The van der Waals surface area contributed by atoms with Crippen molar-refractivity contribution in [3.8, 4) is 0 Å². The van der Waals surface area contributed by atoms with Gasteiger partial charge in [0.25, 0.3) is 0 Å². The number of carbonyl (C=O) groups is 1. The summed E-state index contributed by atoms with van der Waals surface area (Å²) >= 11 is 11.6. The van der Waals surface area contributed by atoms with Crippen molar-refractivity contribution in [1.82, 2.24) is 0 Å². The molecular weight excluding hydrogens is 307 g/mol. The number of hydrogen-bond donors (Lipinski definition) is 1. The van der Waals surface area contributed by atoms with Gasteiger partial charge >= 0.3 is 0 Å². The lowest BCUT2D eigenvalue weighted by Gasteiger charge is -2.23. The van der Waals surface area contributed by atoms with Gasteiger partial charge in [-0.3, -0.25) is 4.79 Å². The first-order valence-electron chi connectivity index (χ1n) is 7.24. The molecular formula is C16H24Cl2N2O. The van der Waals surface area contributed by atoms with Crippen LogP contribution in [0.25, 0.3) is 0 Å². The fourth-order valence-electron chi connectivity index (χ4n) is 2.20. The zero-order valence-electron chi connectivity index (χ0n) is 12.7. The Balaban J connectivity index is 2.70. The first-order valence-corrected chi connectivity index (χ1v) is 8.31. The highest BCUT2D eigenvalue weighted by molar-refractivity contribution is 6.18. The molecule has 3 nitrogen and oxygen atoms in total. The highest BCUT2D eigenvalue weighted by Gasteiger charge is 2.17. The summed E-state index contributed by atoms with van der Waals surface area (Å²) in [6.07, 6.45) is 0.572. The predicted molar refractivity (Wildman–Crippen MR) is 91.6 cm³/mol. The number of benzene rings is 1. The topological polar surface area (TPSA) is 46.3 Å². The van der Waals surface area contributed by atoms with Crippen molar-refractivity contribution in [3.05, 3.63) is 29.8 Å². The lowest BCUT2D eigenvalue weighted by Crippen LogP contribution is -2.35. The molecule has 0 bridgehead atoms. The van der Waals surface area contributed by atoms with E-state index >= 15 is 0 Å². The molecule has 0 heterocycles. The van der Waals surface area contributed by atoms with Gasteiger partial charge in [0.15, 0.2) is 5.78 Å². The van der Waals surface area contributed by atoms with Crippen molar-refractivity contribution in [1.29, 1.82) is 0 Å². The maximum atomic E-state index is 11.8. The van der Waals surface area contributed by atoms with Gasteiger partial charge in [-0.15, -0.1) is 23.2 Å². The first-order chi connectivity index (χ1) is 9.99. The average molecular weight is 331 g/mol. The van der Waals surface area contributed by atoms with Gasteiger partial charge in [0.2, 0.25) is 0 Å². The van der Waals surface area contributed by atoms with E-state index in [9.17, 15) is 4.79 Å². The predicted octanol–water partition coefficient (Wildman–Crippen LogP) is 3.07. The fraction of sp³-hybridized carbons (Fsp3) is 0.562. The molecule has 0 aliphatic heterocycles. The number of rotatable bonds is 9. The molecule has 1 rings (SSSR count). The molecule has 1 aromatic rings. The molecule has 2 N–H and O–H groups in total. The molecule has 0 radical (unpaired) electrons. The molecule has 0 fully saturated rings.